The fourth-order valence-electron chi connectivity index (χ4n) is 3.26. The van der Waals surface area contributed by atoms with Crippen LogP contribution in [0.25, 0.3) is 0 Å². The maximum absolute atomic E-state index is 12.6. The molecule has 2 aromatic rings. The first-order chi connectivity index (χ1) is 14.2. The molecule has 2 amide bonds. The van der Waals surface area contributed by atoms with Crippen LogP contribution >= 0.6 is 0 Å². The van der Waals surface area contributed by atoms with Crippen LogP contribution in [0.2, 0.25) is 0 Å². The summed E-state index contributed by atoms with van der Waals surface area (Å²) in [4.78, 5) is 26.4. The van der Waals surface area contributed by atoms with Crippen molar-refractivity contribution in [1.82, 2.24) is 9.21 Å². The second kappa shape index (κ2) is 8.97. The van der Waals surface area contributed by atoms with E-state index in [0.717, 1.165) is 18.5 Å². The van der Waals surface area contributed by atoms with Crippen LogP contribution in [0.3, 0.4) is 0 Å². The molecule has 1 aliphatic heterocycles. The van der Waals surface area contributed by atoms with Crippen molar-refractivity contribution >= 4 is 27.5 Å². The Bertz CT molecular complexity index is 1030. The Labute approximate surface area is 177 Å². The molecule has 3 rings (SSSR count). The number of hydrogen-bond donors (Lipinski definition) is 1. The monoisotopic (exact) mass is 429 g/mol. The summed E-state index contributed by atoms with van der Waals surface area (Å²) in [5, 5.41) is 2.83. The first-order valence-electron chi connectivity index (χ1n) is 9.94. The summed E-state index contributed by atoms with van der Waals surface area (Å²) >= 11 is 0. The summed E-state index contributed by atoms with van der Waals surface area (Å²) in [6, 6.07) is 13.1. The Morgan fingerprint density at radius 2 is 1.87 bits per heavy atom. The van der Waals surface area contributed by atoms with Gasteiger partial charge in [-0.15, -0.1) is 0 Å². The van der Waals surface area contributed by atoms with E-state index >= 15 is 0 Å². The van der Waals surface area contributed by atoms with E-state index < -0.39 is 10.0 Å². The number of nitrogens with one attached hydrogen (secondary N) is 1. The molecule has 1 fully saturated rings. The molecule has 30 heavy (non-hydrogen) atoms. The zero-order chi connectivity index (χ0) is 21.9. The number of likely N-dealkylation sites (tertiary alicyclic amines) is 1. The third-order valence-corrected chi connectivity index (χ3v) is 7.30. The fraction of sp³-hybridized carbons (Fsp3) is 0.364. The molecule has 8 heteroatoms. The van der Waals surface area contributed by atoms with Crippen LogP contribution in [0.4, 0.5) is 5.69 Å². The molecule has 7 nitrogen and oxygen atoms in total. The summed E-state index contributed by atoms with van der Waals surface area (Å²) in [5.41, 5.74) is 1.93. The SMILES string of the molecule is CC(C)N(C)S(=O)(=O)c1ccc(C(=O)Nc2cccc(CN3CCCC3=O)c2)cc1. The molecule has 0 aromatic heterocycles. The van der Waals surface area contributed by atoms with Crippen molar-refractivity contribution in [2.75, 3.05) is 18.9 Å². The van der Waals surface area contributed by atoms with Crippen molar-refractivity contribution in [1.29, 1.82) is 0 Å². The maximum atomic E-state index is 12.6. The quantitative estimate of drug-likeness (QED) is 0.733. The minimum absolute atomic E-state index is 0.146. The third kappa shape index (κ3) is 4.88. The molecule has 0 radical (unpaired) electrons. The summed E-state index contributed by atoms with van der Waals surface area (Å²) in [6.45, 7) is 4.88. The van der Waals surface area contributed by atoms with Gasteiger partial charge in [0.05, 0.1) is 4.90 Å². The minimum atomic E-state index is -3.59. The summed E-state index contributed by atoms with van der Waals surface area (Å²) in [7, 11) is -2.06. The van der Waals surface area contributed by atoms with Crippen LogP contribution in [-0.4, -0.2) is 49.1 Å². The normalized spacial score (nSPS) is 14.6. The summed E-state index contributed by atoms with van der Waals surface area (Å²) < 4.78 is 26.4. The highest BCUT2D eigenvalue weighted by Crippen LogP contribution is 2.20. The van der Waals surface area contributed by atoms with Crippen LogP contribution in [-0.2, 0) is 21.4 Å². The molecule has 0 spiro atoms. The van der Waals surface area contributed by atoms with Crippen LogP contribution < -0.4 is 5.32 Å². The number of anilines is 1. The van der Waals surface area contributed by atoms with Gasteiger partial charge in [0, 0.05) is 43.9 Å². The molecule has 0 bridgehead atoms. The number of amides is 2. The van der Waals surface area contributed by atoms with Gasteiger partial charge < -0.3 is 10.2 Å². The van der Waals surface area contributed by atoms with Crippen molar-refractivity contribution in [2.45, 2.75) is 44.2 Å². The molecule has 160 valence electrons. The van der Waals surface area contributed by atoms with Gasteiger partial charge in [0.15, 0.2) is 0 Å². The lowest BCUT2D eigenvalue weighted by Gasteiger charge is -2.21. The molecule has 2 aromatic carbocycles. The predicted molar refractivity (Wildman–Crippen MR) is 116 cm³/mol. The maximum Gasteiger partial charge on any atom is 0.255 e. The second-order valence-electron chi connectivity index (χ2n) is 7.71. The van der Waals surface area contributed by atoms with Gasteiger partial charge in [-0.3, -0.25) is 9.59 Å². The van der Waals surface area contributed by atoms with Crippen molar-refractivity contribution in [3.8, 4) is 0 Å². The number of rotatable bonds is 7. The summed E-state index contributed by atoms with van der Waals surface area (Å²) in [6.07, 6.45) is 1.48. The molecule has 0 aliphatic carbocycles. The van der Waals surface area contributed by atoms with Gasteiger partial charge in [-0.05, 0) is 62.2 Å². The van der Waals surface area contributed by atoms with Crippen LogP contribution in [0, 0.1) is 0 Å². The van der Waals surface area contributed by atoms with Crippen molar-refractivity contribution < 1.29 is 18.0 Å². The highest BCUT2D eigenvalue weighted by molar-refractivity contribution is 7.89. The number of hydrogen-bond acceptors (Lipinski definition) is 4. The highest BCUT2D eigenvalue weighted by atomic mass is 32.2. The van der Waals surface area contributed by atoms with E-state index in [1.807, 2.05) is 23.1 Å². The first-order valence-corrected chi connectivity index (χ1v) is 11.4. The highest BCUT2D eigenvalue weighted by Gasteiger charge is 2.23. The fourth-order valence-corrected chi connectivity index (χ4v) is 4.63. The second-order valence-corrected chi connectivity index (χ2v) is 9.71. The predicted octanol–water partition coefficient (Wildman–Crippen LogP) is 3.09. The minimum Gasteiger partial charge on any atom is -0.338 e. The Hall–Kier alpha value is -2.71. The standard InChI is InChI=1S/C22H27N3O4S/c1-16(2)24(3)30(28,29)20-11-9-18(10-12-20)22(27)23-19-7-4-6-17(14-19)15-25-13-5-8-21(25)26/h4,6-7,9-12,14,16H,5,8,13,15H2,1-3H3,(H,23,27). The van der Waals surface area contributed by atoms with Gasteiger partial charge in [0.2, 0.25) is 15.9 Å². The first kappa shape index (κ1) is 22.0. The number of carbonyl (C=O) groups excluding carboxylic acids is 2. The molecule has 1 saturated heterocycles. The van der Waals surface area contributed by atoms with E-state index in [-0.39, 0.29) is 22.8 Å². The Balaban J connectivity index is 1.69. The number of nitrogens with zero attached hydrogens (tertiary/aromatic N) is 2. The van der Waals surface area contributed by atoms with Crippen molar-refractivity contribution in [3.63, 3.8) is 0 Å². The average Bonchev–Trinajstić information content (AvgIpc) is 3.12. The molecule has 0 atom stereocenters. The zero-order valence-corrected chi connectivity index (χ0v) is 18.3. The summed E-state index contributed by atoms with van der Waals surface area (Å²) in [5.74, 6) is -0.173. The van der Waals surface area contributed by atoms with Crippen molar-refractivity contribution in [3.05, 3.63) is 59.7 Å². The largest absolute Gasteiger partial charge is 0.338 e. The van der Waals surface area contributed by atoms with Gasteiger partial charge in [-0.1, -0.05) is 12.1 Å². The topological polar surface area (TPSA) is 86.8 Å². The zero-order valence-electron chi connectivity index (χ0n) is 17.5. The van der Waals surface area contributed by atoms with E-state index in [0.29, 0.717) is 24.2 Å². The molecule has 1 aliphatic rings. The van der Waals surface area contributed by atoms with E-state index in [1.54, 1.807) is 19.9 Å². The molecule has 0 unspecified atom stereocenters. The lowest BCUT2D eigenvalue weighted by molar-refractivity contribution is -0.128. The van der Waals surface area contributed by atoms with E-state index in [9.17, 15) is 18.0 Å². The molecule has 1 heterocycles. The number of carbonyl (C=O) groups is 2. The van der Waals surface area contributed by atoms with Gasteiger partial charge in [0.25, 0.3) is 5.91 Å². The Morgan fingerprint density at radius 3 is 2.47 bits per heavy atom. The average molecular weight is 430 g/mol. The van der Waals surface area contributed by atoms with Crippen LogP contribution in [0.15, 0.2) is 53.4 Å². The van der Waals surface area contributed by atoms with Gasteiger partial charge in [0.1, 0.15) is 0 Å². The number of benzene rings is 2. The third-order valence-electron chi connectivity index (χ3n) is 5.25. The van der Waals surface area contributed by atoms with E-state index in [1.165, 1.54) is 35.6 Å². The van der Waals surface area contributed by atoms with E-state index in [2.05, 4.69) is 5.32 Å². The van der Waals surface area contributed by atoms with E-state index in [4.69, 9.17) is 0 Å². The van der Waals surface area contributed by atoms with Crippen molar-refractivity contribution in [2.24, 2.45) is 0 Å². The Morgan fingerprint density at radius 1 is 1.17 bits per heavy atom. The lowest BCUT2D eigenvalue weighted by atomic mass is 10.1. The van der Waals surface area contributed by atoms with Crippen LogP contribution in [0.5, 0.6) is 0 Å². The molecule has 0 saturated carbocycles. The molecular weight excluding hydrogens is 402 g/mol. The smallest absolute Gasteiger partial charge is 0.255 e. The van der Waals surface area contributed by atoms with Crippen LogP contribution in [0.1, 0.15) is 42.6 Å². The van der Waals surface area contributed by atoms with Gasteiger partial charge >= 0.3 is 0 Å². The van der Waals surface area contributed by atoms with Gasteiger partial charge in [-0.25, -0.2) is 8.42 Å². The molecular formula is C22H27N3O4S. The van der Waals surface area contributed by atoms with Gasteiger partial charge in [-0.2, -0.15) is 4.31 Å². The lowest BCUT2D eigenvalue weighted by Crippen LogP contribution is -2.33. The Kier molecular flexibility index (Phi) is 6.58. The number of sulfonamides is 1. The molecule has 1 N–H and O–H groups in total.